The highest BCUT2D eigenvalue weighted by Gasteiger charge is 2.45. The fourth-order valence-electron chi connectivity index (χ4n) is 8.30. The third-order valence-corrected chi connectivity index (χ3v) is 11.7. The number of unbranched alkanes of at least 4 members (excludes halogenated alkanes) is 1. The number of anilines is 6. The molecule has 320 valence electrons. The van der Waals surface area contributed by atoms with Gasteiger partial charge in [-0.1, -0.05) is 18.2 Å². The van der Waals surface area contributed by atoms with Crippen molar-refractivity contribution in [3.05, 3.63) is 89.1 Å². The average molecular weight is 843 g/mol. The van der Waals surface area contributed by atoms with Crippen LogP contribution in [0.2, 0.25) is 0 Å². The van der Waals surface area contributed by atoms with Crippen molar-refractivity contribution in [2.24, 2.45) is 0 Å². The number of rotatable bonds is 12. The van der Waals surface area contributed by atoms with E-state index >= 15 is 0 Å². The number of likely N-dealkylation sites (tertiary alicyclic amines) is 1. The van der Waals surface area contributed by atoms with Crippen molar-refractivity contribution in [3.63, 3.8) is 0 Å². The van der Waals surface area contributed by atoms with Gasteiger partial charge in [-0.3, -0.25) is 43.8 Å². The molecule has 4 N–H and O–H groups in total. The zero-order valence-electron chi connectivity index (χ0n) is 34.5. The Morgan fingerprint density at radius 3 is 2.39 bits per heavy atom. The molecule has 0 saturated carbocycles. The first-order chi connectivity index (χ1) is 29.9. The minimum atomic E-state index is -1.04. The Hall–Kier alpha value is -7.37. The van der Waals surface area contributed by atoms with Crippen molar-refractivity contribution in [2.45, 2.75) is 57.0 Å². The molecule has 4 aliphatic rings. The Morgan fingerprint density at radius 1 is 0.839 bits per heavy atom. The number of ether oxygens (including phenoxy) is 1. The van der Waals surface area contributed by atoms with Crippen LogP contribution >= 0.6 is 0 Å². The zero-order valence-corrected chi connectivity index (χ0v) is 34.5. The summed E-state index contributed by atoms with van der Waals surface area (Å²) in [5.74, 6) is -1.42. The molecule has 3 aromatic carbocycles. The lowest BCUT2D eigenvalue weighted by atomic mass is 10.0. The van der Waals surface area contributed by atoms with Crippen molar-refractivity contribution in [1.82, 2.24) is 30.4 Å². The summed E-state index contributed by atoms with van der Waals surface area (Å²) in [6, 6.07) is 16.1. The van der Waals surface area contributed by atoms with E-state index in [1.54, 1.807) is 55.7 Å². The van der Waals surface area contributed by atoms with Crippen LogP contribution in [0.15, 0.2) is 66.9 Å². The fraction of sp³-hybridized carbons (Fsp3) is 0.341. The second-order valence-electron chi connectivity index (χ2n) is 15.6. The number of piperidine rings is 2. The number of hydrogen-bond acceptors (Lipinski definition) is 13. The number of imide groups is 2. The quantitative estimate of drug-likeness (QED) is 0.117. The van der Waals surface area contributed by atoms with Gasteiger partial charge in [-0.25, -0.2) is 4.98 Å². The molecule has 5 heterocycles. The number of benzene rings is 3. The number of amides is 7. The zero-order chi connectivity index (χ0) is 43.7. The van der Waals surface area contributed by atoms with Gasteiger partial charge in [0.05, 0.1) is 41.4 Å². The molecular weight excluding hydrogens is 797 g/mol. The van der Waals surface area contributed by atoms with E-state index < -0.39 is 29.7 Å². The normalized spacial score (nSPS) is 17.5. The molecular formula is C44H46N10O8. The van der Waals surface area contributed by atoms with Crippen LogP contribution in [-0.4, -0.2) is 114 Å². The van der Waals surface area contributed by atoms with E-state index in [4.69, 9.17) is 9.72 Å². The number of aromatic nitrogens is 2. The smallest absolute Gasteiger partial charge is 0.264 e. The van der Waals surface area contributed by atoms with Crippen molar-refractivity contribution >= 4 is 75.9 Å². The molecule has 62 heavy (non-hydrogen) atoms. The van der Waals surface area contributed by atoms with Crippen LogP contribution in [0.1, 0.15) is 86.4 Å². The molecule has 18 nitrogen and oxygen atoms in total. The minimum Gasteiger partial charge on any atom is -0.495 e. The van der Waals surface area contributed by atoms with Gasteiger partial charge in [0, 0.05) is 63.9 Å². The summed E-state index contributed by atoms with van der Waals surface area (Å²) >= 11 is 0. The molecule has 2 saturated heterocycles. The minimum absolute atomic E-state index is 0.0271. The molecule has 1 unspecified atom stereocenters. The first-order valence-corrected chi connectivity index (χ1v) is 20.5. The first-order valence-electron chi connectivity index (χ1n) is 20.5. The van der Waals surface area contributed by atoms with Gasteiger partial charge in [0.25, 0.3) is 23.6 Å². The molecule has 8 rings (SSSR count). The molecule has 2 fully saturated rings. The number of nitrogens with one attached hydrogen (secondary N) is 4. The summed E-state index contributed by atoms with van der Waals surface area (Å²) in [4.78, 5) is 105. The summed E-state index contributed by atoms with van der Waals surface area (Å²) in [5.41, 5.74) is 3.64. The Labute approximate surface area is 357 Å². The summed E-state index contributed by atoms with van der Waals surface area (Å²) in [7, 11) is 5.04. The van der Waals surface area contributed by atoms with E-state index in [0.717, 1.165) is 10.6 Å². The molecule has 0 radical (unpaired) electrons. The maximum Gasteiger partial charge on any atom is 0.264 e. The van der Waals surface area contributed by atoms with Crippen LogP contribution in [0.5, 0.6) is 5.75 Å². The number of fused-ring (bicyclic) bond motifs is 3. The summed E-state index contributed by atoms with van der Waals surface area (Å²) < 4.78 is 5.64. The number of carbonyl (C=O) groups excluding carboxylic acids is 7. The summed E-state index contributed by atoms with van der Waals surface area (Å²) in [6.07, 6.45) is 4.49. The van der Waals surface area contributed by atoms with Crippen LogP contribution in [-0.2, 0) is 14.4 Å². The molecule has 0 bridgehead atoms. The maximum absolute atomic E-state index is 13.4. The number of hydrogen-bond donors (Lipinski definition) is 4. The third-order valence-electron chi connectivity index (χ3n) is 11.7. The highest BCUT2D eigenvalue weighted by Crippen LogP contribution is 2.39. The van der Waals surface area contributed by atoms with Crippen LogP contribution < -0.4 is 35.8 Å². The monoisotopic (exact) mass is 842 g/mol. The van der Waals surface area contributed by atoms with Crippen LogP contribution in [0.3, 0.4) is 0 Å². The van der Waals surface area contributed by atoms with E-state index in [-0.39, 0.29) is 53.7 Å². The van der Waals surface area contributed by atoms with Gasteiger partial charge in [-0.05, 0) is 74.6 Å². The second-order valence-corrected chi connectivity index (χ2v) is 15.6. The largest absolute Gasteiger partial charge is 0.495 e. The Morgan fingerprint density at radius 2 is 1.61 bits per heavy atom. The molecule has 7 amide bonds. The second kappa shape index (κ2) is 17.3. The highest BCUT2D eigenvalue weighted by atomic mass is 16.5. The van der Waals surface area contributed by atoms with Crippen molar-refractivity contribution in [2.75, 3.05) is 61.3 Å². The van der Waals surface area contributed by atoms with Crippen LogP contribution in [0.4, 0.5) is 34.5 Å². The highest BCUT2D eigenvalue weighted by molar-refractivity contribution is 6.25. The summed E-state index contributed by atoms with van der Waals surface area (Å²) in [5, 5.41) is 11.7. The Bertz CT molecular complexity index is 2500. The van der Waals surface area contributed by atoms with E-state index in [1.165, 1.54) is 12.0 Å². The number of carbonyl (C=O) groups is 7. The van der Waals surface area contributed by atoms with Crippen molar-refractivity contribution < 1.29 is 38.3 Å². The molecule has 1 atom stereocenters. The van der Waals surface area contributed by atoms with Crippen molar-refractivity contribution in [1.29, 1.82) is 0 Å². The third kappa shape index (κ3) is 7.98. The lowest BCUT2D eigenvalue weighted by molar-refractivity contribution is -0.136. The Balaban J connectivity index is 0.793. The molecule has 4 aromatic rings. The predicted octanol–water partition coefficient (Wildman–Crippen LogP) is 3.99. The van der Waals surface area contributed by atoms with E-state index in [2.05, 4.69) is 26.3 Å². The van der Waals surface area contributed by atoms with E-state index in [1.807, 2.05) is 35.0 Å². The van der Waals surface area contributed by atoms with Crippen molar-refractivity contribution in [3.8, 4) is 5.75 Å². The predicted molar refractivity (Wildman–Crippen MR) is 228 cm³/mol. The topological polar surface area (TPSA) is 216 Å². The SMILES string of the molecule is COc1cc(C(=O)NC2CCN(C(=O)CCCCNc3cccc4c3C(=O)N(C3CCC(=O)NC3=O)C4=O)CC2)ccc1Nc1ncc2c(n1)N(C)c1ccccc1C(=O)N2C. The molecule has 0 spiro atoms. The first kappa shape index (κ1) is 41.4. The van der Waals surface area contributed by atoms with Gasteiger partial charge in [0.2, 0.25) is 23.7 Å². The van der Waals surface area contributed by atoms with Crippen LogP contribution in [0, 0.1) is 0 Å². The standard InChI is InChI=1S/C44H46N10O8/c1-51-31-12-5-4-9-27(31)41(59)52(2)33-24-46-44(50-38(33)51)48-29-15-14-25(23-34(29)62-3)39(57)47-26-18-21-53(22-19-26)36(56)13-6-7-20-45-30-11-8-10-28-37(30)43(61)54(42(28)60)32-16-17-35(55)49-40(32)58/h4-5,8-12,14-15,23-24,26,32,45H,6-7,13,16-22H2,1-3H3,(H,47,57)(H,46,48,50)(H,49,55,58). The maximum atomic E-state index is 13.4. The van der Waals surface area contributed by atoms with Gasteiger partial charge in [0.1, 0.15) is 17.5 Å². The fourth-order valence-corrected chi connectivity index (χ4v) is 8.30. The molecule has 18 heteroatoms. The number of para-hydroxylation sites is 1. The summed E-state index contributed by atoms with van der Waals surface area (Å²) in [6.45, 7) is 1.47. The van der Waals surface area contributed by atoms with Gasteiger partial charge in [-0.2, -0.15) is 4.98 Å². The number of methoxy groups -OCH3 is 1. The molecule has 0 aliphatic carbocycles. The molecule has 4 aliphatic heterocycles. The van der Waals surface area contributed by atoms with E-state index in [9.17, 15) is 33.6 Å². The lowest BCUT2D eigenvalue weighted by Gasteiger charge is -2.32. The lowest BCUT2D eigenvalue weighted by Crippen LogP contribution is -2.54. The molecule has 1 aromatic heterocycles. The number of nitrogens with zero attached hydrogens (tertiary/aromatic N) is 6. The van der Waals surface area contributed by atoms with Crippen LogP contribution in [0.25, 0.3) is 0 Å². The van der Waals surface area contributed by atoms with Gasteiger partial charge >= 0.3 is 0 Å². The van der Waals surface area contributed by atoms with Gasteiger partial charge in [0.15, 0.2) is 5.82 Å². The average Bonchev–Trinajstić information content (AvgIpc) is 3.50. The Kier molecular flexibility index (Phi) is 11.6. The van der Waals surface area contributed by atoms with Gasteiger partial charge < -0.3 is 35.4 Å². The van der Waals surface area contributed by atoms with Gasteiger partial charge in [-0.15, -0.1) is 0 Å². The van der Waals surface area contributed by atoms with E-state index in [0.29, 0.717) is 91.5 Å².